The van der Waals surface area contributed by atoms with Crippen LogP contribution in [0.5, 0.6) is 5.75 Å². The molecule has 1 amide bonds. The van der Waals surface area contributed by atoms with Crippen LogP contribution in [-0.4, -0.2) is 52.4 Å². The number of rotatable bonds is 4. The number of nitrogens with one attached hydrogen (secondary N) is 2. The number of phenols is 1. The smallest absolute Gasteiger partial charge is 0.254 e. The molecule has 0 saturated carbocycles. The Hall–Kier alpha value is -3.26. The van der Waals surface area contributed by atoms with Crippen LogP contribution in [0.15, 0.2) is 36.4 Å². The van der Waals surface area contributed by atoms with Gasteiger partial charge in [-0.3, -0.25) is 4.79 Å². The molecule has 2 bridgehead atoms. The van der Waals surface area contributed by atoms with Gasteiger partial charge in [0.15, 0.2) is 5.82 Å². The van der Waals surface area contributed by atoms with Gasteiger partial charge >= 0.3 is 0 Å². The Labute approximate surface area is 198 Å². The van der Waals surface area contributed by atoms with E-state index in [2.05, 4.69) is 46.6 Å². The van der Waals surface area contributed by atoms with E-state index in [1.807, 2.05) is 12.1 Å². The highest BCUT2D eigenvalue weighted by Crippen LogP contribution is 2.44. The van der Waals surface area contributed by atoms with E-state index in [1.165, 1.54) is 32.0 Å². The molecule has 34 heavy (non-hydrogen) atoms. The first-order valence-electron chi connectivity index (χ1n) is 11.6. The highest BCUT2D eigenvalue weighted by atomic mass is 19.1. The van der Waals surface area contributed by atoms with Crippen LogP contribution in [0.2, 0.25) is 0 Å². The maximum Gasteiger partial charge on any atom is 0.254 e. The minimum Gasteiger partial charge on any atom is -0.507 e. The molecule has 0 spiro atoms. The van der Waals surface area contributed by atoms with Crippen LogP contribution >= 0.6 is 0 Å². The molecule has 2 fully saturated rings. The lowest BCUT2D eigenvalue weighted by molar-refractivity contribution is 0.0959. The summed E-state index contributed by atoms with van der Waals surface area (Å²) in [5, 5.41) is 26.4. The zero-order valence-corrected chi connectivity index (χ0v) is 19.9. The maximum atomic E-state index is 14.8. The Morgan fingerprint density at radius 1 is 1.15 bits per heavy atom. The van der Waals surface area contributed by atoms with E-state index in [4.69, 9.17) is 0 Å². The first-order chi connectivity index (χ1) is 16.1. The molecule has 2 aliphatic rings. The summed E-state index contributed by atoms with van der Waals surface area (Å²) in [6, 6.07) is 10.2. The fourth-order valence-corrected chi connectivity index (χ4v) is 5.78. The predicted molar refractivity (Wildman–Crippen MR) is 131 cm³/mol. The van der Waals surface area contributed by atoms with Crippen LogP contribution in [0, 0.1) is 5.82 Å². The van der Waals surface area contributed by atoms with Crippen LogP contribution in [0.3, 0.4) is 0 Å². The molecule has 3 heterocycles. The average molecular weight is 464 g/mol. The summed E-state index contributed by atoms with van der Waals surface area (Å²) in [6.45, 7) is 4.60. The molecule has 2 aromatic carbocycles. The molecule has 2 saturated heterocycles. The van der Waals surface area contributed by atoms with E-state index in [1.54, 1.807) is 12.1 Å². The van der Waals surface area contributed by atoms with Crippen molar-refractivity contribution < 1.29 is 14.3 Å². The number of nitrogens with zero attached hydrogens (tertiary/aromatic N) is 3. The Morgan fingerprint density at radius 2 is 1.85 bits per heavy atom. The number of halogens is 1. The number of hydrogen-bond donors (Lipinski definition) is 3. The van der Waals surface area contributed by atoms with Gasteiger partial charge in [-0.1, -0.05) is 6.07 Å². The Balaban J connectivity index is 1.42. The topological polar surface area (TPSA) is 90.4 Å². The molecule has 3 aromatic rings. The zero-order valence-electron chi connectivity index (χ0n) is 19.9. The summed E-state index contributed by atoms with van der Waals surface area (Å²) >= 11 is 0. The second-order valence-electron chi connectivity index (χ2n) is 10.3. The van der Waals surface area contributed by atoms with Crippen molar-refractivity contribution in [2.45, 2.75) is 56.7 Å². The molecule has 7 nitrogen and oxygen atoms in total. The number of aromatic hydroxyl groups is 1. The van der Waals surface area contributed by atoms with Gasteiger partial charge in [0, 0.05) is 42.2 Å². The largest absolute Gasteiger partial charge is 0.507 e. The van der Waals surface area contributed by atoms with Crippen molar-refractivity contribution in [1.29, 1.82) is 0 Å². The van der Waals surface area contributed by atoms with E-state index in [0.717, 1.165) is 18.7 Å². The van der Waals surface area contributed by atoms with E-state index in [-0.39, 0.29) is 27.8 Å². The Morgan fingerprint density at radius 3 is 2.47 bits per heavy atom. The van der Waals surface area contributed by atoms with Gasteiger partial charge in [0.25, 0.3) is 5.91 Å². The van der Waals surface area contributed by atoms with Crippen molar-refractivity contribution >= 4 is 22.5 Å². The van der Waals surface area contributed by atoms with Crippen LogP contribution in [0.4, 0.5) is 10.2 Å². The number of fused-ring (bicyclic) bond motifs is 3. The van der Waals surface area contributed by atoms with Gasteiger partial charge < -0.3 is 20.6 Å². The highest BCUT2D eigenvalue weighted by molar-refractivity contribution is 6.00. The van der Waals surface area contributed by atoms with Crippen molar-refractivity contribution in [3.63, 3.8) is 0 Å². The van der Waals surface area contributed by atoms with E-state index < -0.39 is 11.7 Å². The second kappa shape index (κ2) is 7.91. The quantitative estimate of drug-likeness (QED) is 0.542. The third-order valence-corrected chi connectivity index (χ3v) is 7.58. The summed E-state index contributed by atoms with van der Waals surface area (Å²) in [7, 11) is 3.51. The fraction of sp³-hybridized carbons (Fsp3) is 0.423. The third-order valence-electron chi connectivity index (χ3n) is 7.58. The Kier molecular flexibility index (Phi) is 5.24. The van der Waals surface area contributed by atoms with Crippen LogP contribution in [0.25, 0.3) is 22.0 Å². The molecule has 3 N–H and O–H groups in total. The summed E-state index contributed by atoms with van der Waals surface area (Å²) < 4.78 is 14.8. The molecule has 178 valence electrons. The normalized spacial score (nSPS) is 26.0. The van der Waals surface area contributed by atoms with Gasteiger partial charge in [-0.15, -0.1) is 10.2 Å². The standard InChI is InChI=1S/C26H30FN5O2/c1-25-9-10-26(2,31-25)14-16(13-25)32(4)22-8-7-20(29-30-22)19-11-15-5-6-17(24(34)28-3)23(27)18(15)12-21(19)33/h5-8,11-12,16,31,33H,9-10,13-14H2,1-4H3,(H,28,34)/t16-,25+,26-. The Bertz CT molecular complexity index is 1260. The summed E-state index contributed by atoms with van der Waals surface area (Å²) in [5.41, 5.74) is 1.20. The third kappa shape index (κ3) is 3.76. The van der Waals surface area contributed by atoms with Crippen LogP contribution < -0.4 is 15.5 Å². The monoisotopic (exact) mass is 463 g/mol. The van der Waals surface area contributed by atoms with Crippen molar-refractivity contribution in [2.24, 2.45) is 0 Å². The molecule has 0 unspecified atom stereocenters. The summed E-state index contributed by atoms with van der Waals surface area (Å²) in [5.74, 6) is -0.520. The first kappa shape index (κ1) is 22.5. The molecule has 2 aliphatic heterocycles. The molecule has 0 aliphatic carbocycles. The molecule has 0 radical (unpaired) electrons. The number of amides is 1. The van der Waals surface area contributed by atoms with Crippen LogP contribution in [0.1, 0.15) is 49.9 Å². The van der Waals surface area contributed by atoms with Gasteiger partial charge in [-0.2, -0.15) is 0 Å². The van der Waals surface area contributed by atoms with Gasteiger partial charge in [0.05, 0.1) is 11.3 Å². The number of phenolic OH excluding ortho intramolecular Hbond substituents is 1. The second-order valence-corrected chi connectivity index (χ2v) is 10.3. The van der Waals surface area contributed by atoms with Crippen molar-refractivity contribution in [3.05, 3.63) is 47.8 Å². The lowest BCUT2D eigenvalue weighted by atomic mass is 9.84. The zero-order chi connectivity index (χ0) is 24.3. The average Bonchev–Trinajstić information content (AvgIpc) is 3.05. The number of benzene rings is 2. The number of hydrogen-bond acceptors (Lipinski definition) is 6. The SMILES string of the molecule is CNC(=O)c1ccc2cc(-c3ccc(N(C)[C@@H]4C[C@]5(C)CC[C@](C)(C4)N5)nn3)c(O)cc2c1F. The number of carbonyl (C=O) groups is 1. The van der Waals surface area contributed by atoms with Crippen molar-refractivity contribution in [2.75, 3.05) is 19.0 Å². The van der Waals surface area contributed by atoms with Gasteiger partial charge in [-0.05, 0) is 75.2 Å². The lowest BCUT2D eigenvalue weighted by Crippen LogP contribution is -2.58. The number of carbonyl (C=O) groups excluding carboxylic acids is 1. The molecular formula is C26H30FN5O2. The van der Waals surface area contributed by atoms with E-state index >= 15 is 0 Å². The molecule has 5 rings (SSSR count). The maximum absolute atomic E-state index is 14.8. The van der Waals surface area contributed by atoms with E-state index in [9.17, 15) is 14.3 Å². The predicted octanol–water partition coefficient (Wildman–Crippen LogP) is 4.00. The highest BCUT2D eigenvalue weighted by Gasteiger charge is 2.49. The van der Waals surface area contributed by atoms with E-state index in [0.29, 0.717) is 22.7 Å². The van der Waals surface area contributed by atoms with Crippen LogP contribution in [-0.2, 0) is 0 Å². The van der Waals surface area contributed by atoms with Gasteiger partial charge in [-0.25, -0.2) is 4.39 Å². The molecule has 8 heteroatoms. The molecular weight excluding hydrogens is 433 g/mol. The van der Waals surface area contributed by atoms with Crippen molar-refractivity contribution in [1.82, 2.24) is 20.8 Å². The summed E-state index contributed by atoms with van der Waals surface area (Å²) in [6.07, 6.45) is 4.48. The summed E-state index contributed by atoms with van der Waals surface area (Å²) in [4.78, 5) is 14.1. The minimum absolute atomic E-state index is 0.0663. The number of aromatic nitrogens is 2. The van der Waals surface area contributed by atoms with Crippen molar-refractivity contribution in [3.8, 4) is 17.0 Å². The lowest BCUT2D eigenvalue weighted by Gasteiger charge is -2.45. The molecule has 1 aromatic heterocycles. The number of piperidine rings is 1. The fourth-order valence-electron chi connectivity index (χ4n) is 5.78. The van der Waals surface area contributed by atoms with Gasteiger partial charge in [0.1, 0.15) is 11.6 Å². The number of anilines is 1. The first-order valence-corrected chi connectivity index (χ1v) is 11.6. The minimum atomic E-state index is -0.667. The van der Waals surface area contributed by atoms with Gasteiger partial charge in [0.2, 0.25) is 0 Å². The molecule has 3 atom stereocenters.